The van der Waals surface area contributed by atoms with Crippen LogP contribution in [0.5, 0.6) is 0 Å². The molecule has 1 atom stereocenters. The Hall–Kier alpha value is -3.20. The van der Waals surface area contributed by atoms with E-state index in [1.54, 1.807) is 12.4 Å². The summed E-state index contributed by atoms with van der Waals surface area (Å²) in [5, 5.41) is 4.42. The van der Waals surface area contributed by atoms with Gasteiger partial charge in [0.1, 0.15) is 5.69 Å². The van der Waals surface area contributed by atoms with Gasteiger partial charge in [0.05, 0.1) is 21.7 Å². The van der Waals surface area contributed by atoms with Crippen LogP contribution in [0.4, 0.5) is 5.95 Å². The molecule has 4 aromatic rings. The minimum Gasteiger partial charge on any atom is -0.340 e. The molecule has 1 saturated heterocycles. The first-order valence-electron chi connectivity index (χ1n) is 13.3. The standard InChI is InChI=1S/C27H32ClN7O2/c1-16-6-8-18(9-7-16)15-35-24-21(31-26(35)34-10-4-3-5-17(34)2)12-22(25-32-27(36)37-33-25)30-23(24)19-11-20(28)14-29-13-19/h11-14,16-18H,3-10,15H2,1-2H3,(H,32,33,36)/t16?,17-,18?/m1/s1. The van der Waals surface area contributed by atoms with Crippen LogP contribution in [0.3, 0.4) is 0 Å². The number of pyridine rings is 2. The molecular formula is C27H32ClN7O2. The second-order valence-corrected chi connectivity index (χ2v) is 11.2. The summed E-state index contributed by atoms with van der Waals surface area (Å²) in [5.74, 6) is 2.02. The van der Waals surface area contributed by atoms with Crippen molar-refractivity contribution in [2.24, 2.45) is 11.8 Å². The van der Waals surface area contributed by atoms with Gasteiger partial charge < -0.3 is 9.47 Å². The maximum absolute atomic E-state index is 11.7. The Labute approximate surface area is 220 Å². The van der Waals surface area contributed by atoms with Crippen LogP contribution in [-0.2, 0) is 6.54 Å². The predicted octanol–water partition coefficient (Wildman–Crippen LogP) is 5.70. The van der Waals surface area contributed by atoms with E-state index in [4.69, 9.17) is 26.1 Å². The number of aromatic nitrogens is 6. The summed E-state index contributed by atoms with van der Waals surface area (Å²) >= 11 is 6.37. The molecule has 0 aromatic carbocycles. The highest BCUT2D eigenvalue weighted by molar-refractivity contribution is 6.30. The van der Waals surface area contributed by atoms with Crippen LogP contribution < -0.4 is 10.7 Å². The maximum atomic E-state index is 11.7. The first-order valence-corrected chi connectivity index (χ1v) is 13.7. The summed E-state index contributed by atoms with van der Waals surface area (Å²) in [6, 6.07) is 4.17. The molecule has 37 heavy (non-hydrogen) atoms. The molecular weight excluding hydrogens is 490 g/mol. The number of aromatic amines is 1. The highest BCUT2D eigenvalue weighted by atomic mass is 35.5. The van der Waals surface area contributed by atoms with Gasteiger partial charge >= 0.3 is 5.76 Å². The van der Waals surface area contributed by atoms with Crippen molar-refractivity contribution in [3.63, 3.8) is 0 Å². The Morgan fingerprint density at radius 3 is 2.65 bits per heavy atom. The number of H-pyrrole nitrogens is 1. The SMILES string of the molecule is CC1CCC(Cn2c(N3CCCC[C@H]3C)nc3cc(-c4noc(=O)[nH]4)nc(-c4cncc(Cl)c4)c32)CC1. The van der Waals surface area contributed by atoms with Gasteiger partial charge in [0.25, 0.3) is 0 Å². The normalized spacial score (nSPS) is 22.6. The van der Waals surface area contributed by atoms with E-state index in [1.807, 2.05) is 12.1 Å². The van der Waals surface area contributed by atoms with Crippen molar-refractivity contribution in [3.05, 3.63) is 40.1 Å². The largest absolute Gasteiger partial charge is 0.439 e. The maximum Gasteiger partial charge on any atom is 0.439 e. The third-order valence-corrected chi connectivity index (χ3v) is 8.21. The highest BCUT2D eigenvalue weighted by Crippen LogP contribution is 2.38. The number of nitrogens with zero attached hydrogens (tertiary/aromatic N) is 6. The molecule has 9 nitrogen and oxygen atoms in total. The van der Waals surface area contributed by atoms with E-state index < -0.39 is 5.76 Å². The number of anilines is 1. The minimum absolute atomic E-state index is 0.270. The fourth-order valence-electron chi connectivity index (χ4n) is 5.91. The number of nitrogens with one attached hydrogen (secondary N) is 1. The molecule has 194 valence electrons. The lowest BCUT2D eigenvalue weighted by Crippen LogP contribution is -2.39. The number of hydrogen-bond donors (Lipinski definition) is 1. The molecule has 2 aliphatic rings. The smallest absolute Gasteiger partial charge is 0.340 e. The lowest BCUT2D eigenvalue weighted by Gasteiger charge is -2.35. The lowest BCUT2D eigenvalue weighted by atomic mass is 9.83. The van der Waals surface area contributed by atoms with Crippen LogP contribution in [-0.4, -0.2) is 42.2 Å². The quantitative estimate of drug-likeness (QED) is 0.359. The van der Waals surface area contributed by atoms with Gasteiger partial charge in [0.2, 0.25) is 11.8 Å². The summed E-state index contributed by atoms with van der Waals surface area (Å²) in [7, 11) is 0. The molecule has 1 aliphatic heterocycles. The van der Waals surface area contributed by atoms with Gasteiger partial charge in [-0.25, -0.2) is 14.8 Å². The van der Waals surface area contributed by atoms with Crippen molar-refractivity contribution in [1.82, 2.24) is 29.7 Å². The van der Waals surface area contributed by atoms with Gasteiger partial charge in [-0.1, -0.05) is 36.5 Å². The molecule has 0 bridgehead atoms. The first-order chi connectivity index (χ1) is 18.0. The average molecular weight is 522 g/mol. The third kappa shape index (κ3) is 4.77. The van der Waals surface area contributed by atoms with Crippen molar-refractivity contribution in [2.75, 3.05) is 11.4 Å². The van der Waals surface area contributed by atoms with Crippen molar-refractivity contribution in [1.29, 1.82) is 0 Å². The van der Waals surface area contributed by atoms with Crippen molar-refractivity contribution in [3.8, 4) is 22.8 Å². The lowest BCUT2D eigenvalue weighted by molar-refractivity contribution is 0.266. The molecule has 2 fully saturated rings. The van der Waals surface area contributed by atoms with Crippen LogP contribution in [0.25, 0.3) is 33.8 Å². The van der Waals surface area contributed by atoms with E-state index >= 15 is 0 Å². The van der Waals surface area contributed by atoms with Gasteiger partial charge in [-0.3, -0.25) is 14.5 Å². The number of rotatable bonds is 5. The molecule has 1 aliphatic carbocycles. The Morgan fingerprint density at radius 2 is 1.92 bits per heavy atom. The van der Waals surface area contributed by atoms with Gasteiger partial charge in [-0.05, 0) is 63.0 Å². The molecule has 1 N–H and O–H groups in total. The summed E-state index contributed by atoms with van der Waals surface area (Å²) in [6.45, 7) is 6.52. The number of fused-ring (bicyclic) bond motifs is 1. The zero-order chi connectivity index (χ0) is 25.5. The summed E-state index contributed by atoms with van der Waals surface area (Å²) in [6.07, 6.45) is 11.9. The van der Waals surface area contributed by atoms with Gasteiger partial charge in [0, 0.05) is 37.1 Å². The second-order valence-electron chi connectivity index (χ2n) is 10.7. The Morgan fingerprint density at radius 1 is 1.08 bits per heavy atom. The van der Waals surface area contributed by atoms with Crippen LogP contribution in [0.2, 0.25) is 5.02 Å². The van der Waals surface area contributed by atoms with E-state index in [0.717, 1.165) is 60.1 Å². The van der Waals surface area contributed by atoms with Gasteiger partial charge in [0.15, 0.2) is 0 Å². The summed E-state index contributed by atoms with van der Waals surface area (Å²) in [5.41, 5.74) is 3.77. The van der Waals surface area contributed by atoms with E-state index in [9.17, 15) is 4.79 Å². The average Bonchev–Trinajstić information content (AvgIpc) is 3.49. The first kappa shape index (κ1) is 24.2. The van der Waals surface area contributed by atoms with Crippen LogP contribution in [0, 0.1) is 11.8 Å². The minimum atomic E-state index is -0.622. The van der Waals surface area contributed by atoms with Crippen molar-refractivity contribution < 1.29 is 4.52 Å². The molecule has 0 unspecified atom stereocenters. The monoisotopic (exact) mass is 521 g/mol. The van der Waals surface area contributed by atoms with E-state index in [1.165, 1.54) is 32.1 Å². The predicted molar refractivity (Wildman–Crippen MR) is 144 cm³/mol. The molecule has 0 radical (unpaired) electrons. The van der Waals surface area contributed by atoms with E-state index in [-0.39, 0.29) is 5.82 Å². The molecule has 6 rings (SSSR count). The zero-order valence-corrected chi connectivity index (χ0v) is 22.0. The fourth-order valence-corrected chi connectivity index (χ4v) is 6.08. The Balaban J connectivity index is 1.58. The van der Waals surface area contributed by atoms with Crippen molar-refractivity contribution in [2.45, 2.75) is 71.4 Å². The number of halogens is 1. The molecule has 5 heterocycles. The zero-order valence-electron chi connectivity index (χ0n) is 21.3. The van der Waals surface area contributed by atoms with Crippen LogP contribution >= 0.6 is 11.6 Å². The molecule has 0 spiro atoms. The third-order valence-electron chi connectivity index (χ3n) is 8.00. The van der Waals surface area contributed by atoms with Gasteiger partial charge in [-0.2, -0.15) is 0 Å². The van der Waals surface area contributed by atoms with E-state index in [2.05, 4.69) is 38.4 Å². The van der Waals surface area contributed by atoms with E-state index in [0.29, 0.717) is 22.7 Å². The number of imidazole rings is 1. The number of hydrogen-bond acceptors (Lipinski definition) is 7. The number of piperidine rings is 1. The molecule has 1 saturated carbocycles. The fraction of sp³-hybridized carbons (Fsp3) is 0.519. The Kier molecular flexibility index (Phi) is 6.48. The van der Waals surface area contributed by atoms with Crippen molar-refractivity contribution >= 4 is 28.6 Å². The topological polar surface area (TPSA) is 106 Å². The Bertz CT molecular complexity index is 1470. The van der Waals surface area contributed by atoms with Crippen LogP contribution in [0.15, 0.2) is 33.8 Å². The summed E-state index contributed by atoms with van der Waals surface area (Å²) < 4.78 is 7.16. The second kappa shape index (κ2) is 9.93. The van der Waals surface area contributed by atoms with Gasteiger partial charge in [-0.15, -0.1) is 0 Å². The molecule has 10 heteroatoms. The van der Waals surface area contributed by atoms with Crippen LogP contribution in [0.1, 0.15) is 58.8 Å². The summed E-state index contributed by atoms with van der Waals surface area (Å²) in [4.78, 5) is 31.3. The molecule has 0 amide bonds. The highest BCUT2D eigenvalue weighted by Gasteiger charge is 2.29. The molecule has 4 aromatic heterocycles.